The van der Waals surface area contributed by atoms with E-state index in [0.717, 1.165) is 12.1 Å². The number of benzene rings is 2. The number of halogens is 3. The summed E-state index contributed by atoms with van der Waals surface area (Å²) in [5, 5.41) is 0.0705. The molecule has 0 aliphatic carbocycles. The highest BCUT2D eigenvalue weighted by Crippen LogP contribution is 2.29. The Hall–Kier alpha value is -1.99. The molecule has 0 aliphatic rings. The molecule has 1 aromatic heterocycles. The molecular formula is C15H10F3NO2S. The van der Waals surface area contributed by atoms with Gasteiger partial charge >= 0.3 is 11.4 Å². The Bertz CT molecular complexity index is 750. The molecule has 2 aromatic carbocycles. The molecule has 3 nitrogen and oxygen atoms in total. The molecule has 3 aromatic rings. The van der Waals surface area contributed by atoms with E-state index in [2.05, 4.69) is 4.98 Å². The van der Waals surface area contributed by atoms with Crippen LogP contribution in [0.1, 0.15) is 11.1 Å². The Labute approximate surface area is 127 Å². The van der Waals surface area contributed by atoms with E-state index in [1.807, 2.05) is 0 Å². The fourth-order valence-corrected chi connectivity index (χ4v) is 2.95. The zero-order valence-corrected chi connectivity index (χ0v) is 11.9. The first kappa shape index (κ1) is 14.9. The summed E-state index contributed by atoms with van der Waals surface area (Å²) in [5.74, 6) is 0.0466. The van der Waals surface area contributed by atoms with Gasteiger partial charge in [0.05, 0.1) is 16.7 Å². The molecule has 0 radical (unpaired) electrons. The summed E-state index contributed by atoms with van der Waals surface area (Å²) in [6.45, 7) is 0. The number of nitrogens with zero attached hydrogens (tertiary/aromatic N) is 1. The molecule has 1 unspecified atom stereocenters. The average molecular weight is 325 g/mol. The highest BCUT2D eigenvalue weighted by molar-refractivity contribution is 7.90. The summed E-state index contributed by atoms with van der Waals surface area (Å²) in [5.41, 5.74) is 0.911. The van der Waals surface area contributed by atoms with E-state index in [1.54, 1.807) is 24.3 Å². The van der Waals surface area contributed by atoms with E-state index in [-0.39, 0.29) is 11.0 Å². The van der Waals surface area contributed by atoms with E-state index < -0.39 is 22.9 Å². The quantitative estimate of drug-likeness (QED) is 0.680. The monoisotopic (exact) mass is 325 g/mol. The molecule has 0 fully saturated rings. The normalized spacial score (nSPS) is 13.5. The van der Waals surface area contributed by atoms with Crippen molar-refractivity contribution in [3.05, 3.63) is 59.7 Å². The second kappa shape index (κ2) is 5.66. The summed E-state index contributed by atoms with van der Waals surface area (Å²) in [7, 11) is 0. The van der Waals surface area contributed by atoms with Gasteiger partial charge in [-0.2, -0.15) is 18.2 Å². The standard InChI is InChI=1S/C15H10F3NO2S/c16-15(17,18)11-7-5-10(6-8-11)9-22(20)14-19-12-3-1-2-4-13(12)21-14/h1-8H,9H2. The van der Waals surface area contributed by atoms with Crippen LogP contribution in [0.5, 0.6) is 0 Å². The lowest BCUT2D eigenvalue weighted by Crippen LogP contribution is -2.07. The number of rotatable bonds is 3. The molecule has 22 heavy (non-hydrogen) atoms. The maximum absolute atomic E-state index is 12.5. The van der Waals surface area contributed by atoms with Crippen LogP contribution in [0.25, 0.3) is 11.1 Å². The van der Waals surface area contributed by atoms with Gasteiger partial charge in [-0.3, -0.25) is 0 Å². The van der Waals surface area contributed by atoms with Crippen LogP contribution in [0.4, 0.5) is 13.2 Å². The number of aromatic nitrogens is 1. The van der Waals surface area contributed by atoms with E-state index in [0.29, 0.717) is 16.7 Å². The van der Waals surface area contributed by atoms with Gasteiger partial charge in [0.2, 0.25) is 0 Å². The lowest BCUT2D eigenvalue weighted by Gasteiger charge is -2.08. The first-order valence-electron chi connectivity index (χ1n) is 6.33. The van der Waals surface area contributed by atoms with Crippen LogP contribution in [0.3, 0.4) is 0 Å². The lowest BCUT2D eigenvalue weighted by molar-refractivity contribution is -0.137. The Balaban J connectivity index is 1.77. The number of alkyl halides is 3. The topological polar surface area (TPSA) is 49.1 Å². The zero-order valence-electron chi connectivity index (χ0n) is 11.1. The lowest BCUT2D eigenvalue weighted by atomic mass is 10.1. The van der Waals surface area contributed by atoms with Crippen molar-refractivity contribution in [3.8, 4) is 0 Å². The number of hydrogen-bond donors (Lipinski definition) is 0. The van der Waals surface area contributed by atoms with Crippen molar-refractivity contribution in [2.75, 3.05) is 0 Å². The maximum atomic E-state index is 12.5. The van der Waals surface area contributed by atoms with E-state index in [1.165, 1.54) is 12.1 Å². The van der Waals surface area contributed by atoms with Gasteiger partial charge in [-0.15, -0.1) is 0 Å². The molecule has 3 rings (SSSR count). The molecule has 0 aliphatic heterocycles. The summed E-state index contributed by atoms with van der Waals surface area (Å²) in [6, 6.07) is 11.6. The Kier molecular flexibility index (Phi) is 3.84. The molecule has 0 saturated carbocycles. The van der Waals surface area contributed by atoms with Gasteiger partial charge in [0.15, 0.2) is 5.58 Å². The van der Waals surface area contributed by atoms with Crippen LogP contribution in [0.2, 0.25) is 0 Å². The Morgan fingerprint density at radius 3 is 2.36 bits per heavy atom. The van der Waals surface area contributed by atoms with Gasteiger partial charge < -0.3 is 8.97 Å². The van der Waals surface area contributed by atoms with Crippen molar-refractivity contribution in [2.45, 2.75) is 17.2 Å². The highest BCUT2D eigenvalue weighted by atomic mass is 32.2. The van der Waals surface area contributed by atoms with Gasteiger partial charge in [0.1, 0.15) is 11.3 Å². The molecule has 0 amide bonds. The van der Waals surface area contributed by atoms with Crippen LogP contribution in [-0.2, 0) is 23.1 Å². The summed E-state index contributed by atoms with van der Waals surface area (Å²) < 4.78 is 55.0. The number of hydrogen-bond acceptors (Lipinski definition) is 3. The number of fused-ring (bicyclic) bond motifs is 1. The summed E-state index contributed by atoms with van der Waals surface area (Å²) >= 11 is -1.55. The van der Waals surface area contributed by atoms with E-state index in [9.17, 15) is 17.7 Å². The van der Waals surface area contributed by atoms with Gasteiger partial charge in [-0.05, 0) is 24.3 Å². The van der Waals surface area contributed by atoms with Crippen molar-refractivity contribution in [2.24, 2.45) is 0 Å². The highest BCUT2D eigenvalue weighted by Gasteiger charge is 2.30. The molecule has 0 bridgehead atoms. The fraction of sp³-hybridized carbons (Fsp3) is 0.133. The average Bonchev–Trinajstić information content (AvgIpc) is 2.91. The predicted octanol–water partition coefficient (Wildman–Crippen LogP) is 4.15. The molecule has 0 spiro atoms. The van der Waals surface area contributed by atoms with Crippen LogP contribution in [0, 0.1) is 0 Å². The minimum absolute atomic E-state index is 0.0466. The van der Waals surface area contributed by atoms with Crippen molar-refractivity contribution >= 4 is 22.3 Å². The molecule has 0 saturated heterocycles. The second-order valence-electron chi connectivity index (χ2n) is 4.63. The van der Waals surface area contributed by atoms with Gasteiger partial charge in [0.25, 0.3) is 0 Å². The molecule has 114 valence electrons. The van der Waals surface area contributed by atoms with Crippen molar-refractivity contribution in [3.63, 3.8) is 0 Å². The Morgan fingerprint density at radius 1 is 1.05 bits per heavy atom. The van der Waals surface area contributed by atoms with Crippen molar-refractivity contribution < 1.29 is 22.1 Å². The van der Waals surface area contributed by atoms with Gasteiger partial charge in [-0.1, -0.05) is 24.3 Å². The van der Waals surface area contributed by atoms with Crippen LogP contribution in [-0.4, -0.2) is 9.54 Å². The molecule has 1 heterocycles. The third-order valence-corrected chi connectivity index (χ3v) is 4.21. The fourth-order valence-electron chi connectivity index (χ4n) is 1.95. The number of para-hydroxylation sites is 2. The molecule has 0 N–H and O–H groups in total. The third-order valence-electron chi connectivity index (χ3n) is 3.05. The van der Waals surface area contributed by atoms with Crippen molar-refractivity contribution in [1.82, 2.24) is 4.98 Å². The predicted molar refractivity (Wildman–Crippen MR) is 75.6 cm³/mol. The minimum Gasteiger partial charge on any atom is -0.607 e. The minimum atomic E-state index is -4.38. The molecular weight excluding hydrogens is 315 g/mol. The number of oxazole rings is 1. The van der Waals surface area contributed by atoms with E-state index >= 15 is 0 Å². The first-order valence-corrected chi connectivity index (χ1v) is 7.65. The molecule has 1 atom stereocenters. The van der Waals surface area contributed by atoms with Gasteiger partial charge in [0, 0.05) is 5.56 Å². The smallest absolute Gasteiger partial charge is 0.416 e. The zero-order chi connectivity index (χ0) is 15.7. The van der Waals surface area contributed by atoms with Crippen LogP contribution < -0.4 is 0 Å². The third kappa shape index (κ3) is 3.10. The van der Waals surface area contributed by atoms with E-state index in [4.69, 9.17) is 4.42 Å². The first-order chi connectivity index (χ1) is 10.4. The largest absolute Gasteiger partial charge is 0.607 e. The summed E-state index contributed by atoms with van der Waals surface area (Å²) in [6.07, 6.45) is -4.38. The Morgan fingerprint density at radius 2 is 1.73 bits per heavy atom. The SMILES string of the molecule is [O-][S+](Cc1ccc(C(F)(F)F)cc1)c1nc2ccccc2o1. The molecule has 7 heteroatoms. The van der Waals surface area contributed by atoms with Crippen LogP contribution >= 0.6 is 0 Å². The second-order valence-corrected chi connectivity index (χ2v) is 5.96. The van der Waals surface area contributed by atoms with Crippen molar-refractivity contribution in [1.29, 1.82) is 0 Å². The van der Waals surface area contributed by atoms with Gasteiger partial charge in [-0.25, -0.2) is 0 Å². The van der Waals surface area contributed by atoms with Crippen LogP contribution in [0.15, 0.2) is 58.2 Å². The maximum Gasteiger partial charge on any atom is 0.416 e. The summed E-state index contributed by atoms with van der Waals surface area (Å²) in [4.78, 5) is 4.12.